The van der Waals surface area contributed by atoms with Gasteiger partial charge in [0, 0.05) is 13.5 Å². The van der Waals surface area contributed by atoms with Crippen molar-refractivity contribution in [3.05, 3.63) is 35.9 Å². The maximum absolute atomic E-state index is 11.3. The van der Waals surface area contributed by atoms with Gasteiger partial charge in [0.05, 0.1) is 6.04 Å². The lowest BCUT2D eigenvalue weighted by molar-refractivity contribution is 0.217. The van der Waals surface area contributed by atoms with Crippen LogP contribution < -0.4 is 5.32 Å². The highest BCUT2D eigenvalue weighted by molar-refractivity contribution is 6.05. The molecule has 0 bridgehead atoms. The molecule has 4 heteroatoms. The summed E-state index contributed by atoms with van der Waals surface area (Å²) >= 11 is 0. The number of hydrogen-bond donors (Lipinski definition) is 2. The molecule has 4 nitrogen and oxygen atoms in total. The maximum atomic E-state index is 11.3. The SMILES string of the molecule is CN1C(=O)NC(=N)C1Cc1ccccc1. The van der Waals surface area contributed by atoms with Crippen LogP contribution in [-0.4, -0.2) is 29.9 Å². The van der Waals surface area contributed by atoms with Crippen molar-refractivity contribution in [1.82, 2.24) is 10.2 Å². The van der Waals surface area contributed by atoms with E-state index in [2.05, 4.69) is 5.32 Å². The summed E-state index contributed by atoms with van der Waals surface area (Å²) in [6.07, 6.45) is 0.689. The Hall–Kier alpha value is -1.84. The minimum Gasteiger partial charge on any atom is -0.317 e. The predicted molar refractivity (Wildman–Crippen MR) is 58.0 cm³/mol. The van der Waals surface area contributed by atoms with Crippen molar-refractivity contribution in [3.63, 3.8) is 0 Å². The number of nitrogens with one attached hydrogen (secondary N) is 2. The van der Waals surface area contributed by atoms with Crippen molar-refractivity contribution in [2.45, 2.75) is 12.5 Å². The number of nitrogens with zero attached hydrogens (tertiary/aromatic N) is 1. The third-order valence-electron chi connectivity index (χ3n) is 2.63. The van der Waals surface area contributed by atoms with Crippen LogP contribution in [-0.2, 0) is 6.42 Å². The first-order valence-electron chi connectivity index (χ1n) is 4.84. The Bertz CT molecular complexity index is 388. The Kier molecular flexibility index (Phi) is 2.41. The fraction of sp³-hybridized carbons (Fsp3) is 0.273. The average Bonchev–Trinajstić information content (AvgIpc) is 2.47. The molecular formula is C11H13N3O. The molecule has 1 aromatic carbocycles. The first kappa shape index (κ1) is 9.71. The summed E-state index contributed by atoms with van der Waals surface area (Å²) in [5.41, 5.74) is 1.13. The largest absolute Gasteiger partial charge is 0.323 e. The number of likely N-dealkylation sites (N-methyl/N-ethyl adjacent to an activating group) is 1. The lowest BCUT2D eigenvalue weighted by Gasteiger charge is -2.17. The lowest BCUT2D eigenvalue weighted by Crippen LogP contribution is -2.32. The molecule has 0 saturated carbocycles. The van der Waals surface area contributed by atoms with Crippen LogP contribution >= 0.6 is 0 Å². The third-order valence-corrected chi connectivity index (χ3v) is 2.63. The summed E-state index contributed by atoms with van der Waals surface area (Å²) in [6, 6.07) is 9.54. The lowest BCUT2D eigenvalue weighted by atomic mass is 10.1. The van der Waals surface area contributed by atoms with E-state index in [-0.39, 0.29) is 17.9 Å². The molecule has 0 aromatic heterocycles. The molecule has 2 N–H and O–H groups in total. The maximum Gasteiger partial charge on any atom is 0.323 e. The van der Waals surface area contributed by atoms with Crippen LogP contribution in [0, 0.1) is 5.41 Å². The number of urea groups is 1. The van der Waals surface area contributed by atoms with E-state index in [9.17, 15) is 4.79 Å². The van der Waals surface area contributed by atoms with Gasteiger partial charge in [0.25, 0.3) is 0 Å². The molecule has 1 atom stereocenters. The second kappa shape index (κ2) is 3.73. The first-order chi connectivity index (χ1) is 7.18. The summed E-state index contributed by atoms with van der Waals surface area (Å²) in [7, 11) is 1.71. The number of carbonyl (C=O) groups is 1. The molecule has 1 fully saturated rings. The van der Waals surface area contributed by atoms with Gasteiger partial charge in [0.2, 0.25) is 0 Å². The van der Waals surface area contributed by atoms with Crippen LogP contribution in [0.1, 0.15) is 5.56 Å². The fourth-order valence-electron chi connectivity index (χ4n) is 1.70. The zero-order valence-electron chi connectivity index (χ0n) is 8.53. The van der Waals surface area contributed by atoms with Gasteiger partial charge in [-0.15, -0.1) is 0 Å². The molecule has 0 aliphatic carbocycles. The van der Waals surface area contributed by atoms with Crippen LogP contribution in [0.3, 0.4) is 0 Å². The van der Waals surface area contributed by atoms with Crippen LogP contribution in [0.2, 0.25) is 0 Å². The second-order valence-corrected chi connectivity index (χ2v) is 3.66. The smallest absolute Gasteiger partial charge is 0.317 e. The molecule has 0 radical (unpaired) electrons. The van der Waals surface area contributed by atoms with Crippen molar-refractivity contribution < 1.29 is 4.79 Å². The van der Waals surface area contributed by atoms with Crippen molar-refractivity contribution >= 4 is 11.9 Å². The quantitative estimate of drug-likeness (QED) is 0.746. The predicted octanol–water partition coefficient (Wildman–Crippen LogP) is 1.23. The number of benzene rings is 1. The van der Waals surface area contributed by atoms with Crippen molar-refractivity contribution in [1.29, 1.82) is 5.41 Å². The highest BCUT2D eigenvalue weighted by Crippen LogP contribution is 2.12. The van der Waals surface area contributed by atoms with Gasteiger partial charge < -0.3 is 4.90 Å². The number of amides is 2. The van der Waals surface area contributed by atoms with E-state index in [0.29, 0.717) is 6.42 Å². The van der Waals surface area contributed by atoms with Crippen LogP contribution in [0.4, 0.5) is 4.79 Å². The van der Waals surface area contributed by atoms with E-state index in [4.69, 9.17) is 5.41 Å². The normalized spacial score (nSPS) is 20.6. The van der Waals surface area contributed by atoms with Crippen molar-refractivity contribution in [2.24, 2.45) is 0 Å². The minimum atomic E-state index is -0.194. The van der Waals surface area contributed by atoms with Gasteiger partial charge in [-0.05, 0) is 5.56 Å². The molecule has 1 aromatic rings. The van der Waals surface area contributed by atoms with E-state index < -0.39 is 0 Å². The average molecular weight is 203 g/mol. The minimum absolute atomic E-state index is 0.153. The molecule has 1 aliphatic rings. The number of hydrogen-bond acceptors (Lipinski definition) is 2. The van der Waals surface area contributed by atoms with Gasteiger partial charge >= 0.3 is 6.03 Å². The molecule has 15 heavy (non-hydrogen) atoms. The number of amidine groups is 1. The molecular weight excluding hydrogens is 190 g/mol. The summed E-state index contributed by atoms with van der Waals surface area (Å²) in [6.45, 7) is 0. The van der Waals surface area contributed by atoms with E-state index in [1.807, 2.05) is 30.3 Å². The Morgan fingerprint density at radius 2 is 2.07 bits per heavy atom. The summed E-state index contributed by atoms with van der Waals surface area (Å²) < 4.78 is 0. The molecule has 1 unspecified atom stereocenters. The van der Waals surface area contributed by atoms with Gasteiger partial charge in [-0.3, -0.25) is 10.7 Å². The van der Waals surface area contributed by atoms with E-state index >= 15 is 0 Å². The highest BCUT2D eigenvalue weighted by atomic mass is 16.2. The summed E-state index contributed by atoms with van der Waals surface area (Å²) in [5, 5.41) is 10.1. The molecule has 2 rings (SSSR count). The molecule has 1 saturated heterocycles. The molecule has 2 amide bonds. The van der Waals surface area contributed by atoms with Crippen molar-refractivity contribution in [2.75, 3.05) is 7.05 Å². The molecule has 0 spiro atoms. The Morgan fingerprint density at radius 3 is 2.60 bits per heavy atom. The summed E-state index contributed by atoms with van der Waals surface area (Å²) in [4.78, 5) is 12.8. The van der Waals surface area contributed by atoms with E-state index in [1.54, 1.807) is 11.9 Å². The fourth-order valence-corrected chi connectivity index (χ4v) is 1.70. The first-order valence-corrected chi connectivity index (χ1v) is 4.84. The molecule has 1 heterocycles. The van der Waals surface area contributed by atoms with Gasteiger partial charge in [0.15, 0.2) is 0 Å². The number of rotatable bonds is 2. The van der Waals surface area contributed by atoms with Crippen LogP contribution in [0.15, 0.2) is 30.3 Å². The van der Waals surface area contributed by atoms with Crippen molar-refractivity contribution in [3.8, 4) is 0 Å². The van der Waals surface area contributed by atoms with Crippen LogP contribution in [0.5, 0.6) is 0 Å². The highest BCUT2D eigenvalue weighted by Gasteiger charge is 2.32. The Labute approximate surface area is 88.4 Å². The number of carbonyl (C=O) groups excluding carboxylic acids is 1. The van der Waals surface area contributed by atoms with Gasteiger partial charge in [-0.2, -0.15) is 0 Å². The van der Waals surface area contributed by atoms with E-state index in [1.165, 1.54) is 0 Å². The zero-order chi connectivity index (χ0) is 10.8. The topological polar surface area (TPSA) is 56.2 Å². The van der Waals surface area contributed by atoms with Gasteiger partial charge in [0.1, 0.15) is 5.84 Å². The Balaban J connectivity index is 2.13. The standard InChI is InChI=1S/C11H13N3O/c1-14-9(10(12)13-11(14)15)7-8-5-3-2-4-6-8/h2-6,9H,7H2,1H3,(H2,12,13,15). The second-order valence-electron chi connectivity index (χ2n) is 3.66. The molecule has 78 valence electrons. The van der Waals surface area contributed by atoms with Gasteiger partial charge in [-0.1, -0.05) is 30.3 Å². The Morgan fingerprint density at radius 1 is 1.40 bits per heavy atom. The van der Waals surface area contributed by atoms with E-state index in [0.717, 1.165) is 5.56 Å². The zero-order valence-corrected chi connectivity index (χ0v) is 8.53. The van der Waals surface area contributed by atoms with Crippen LogP contribution in [0.25, 0.3) is 0 Å². The molecule has 1 aliphatic heterocycles. The third kappa shape index (κ3) is 1.83. The van der Waals surface area contributed by atoms with Gasteiger partial charge in [-0.25, -0.2) is 4.79 Å². The monoisotopic (exact) mass is 203 g/mol. The summed E-state index contributed by atoms with van der Waals surface area (Å²) in [5.74, 6) is 0.284.